The Balaban J connectivity index is 0.000000156. The van der Waals surface area contributed by atoms with Gasteiger partial charge in [-0.25, -0.2) is 24.3 Å². The number of para-hydroxylation sites is 2. The van der Waals surface area contributed by atoms with Crippen molar-refractivity contribution in [1.82, 2.24) is 19.9 Å². The number of benzene rings is 4. The third kappa shape index (κ3) is 6.08. The van der Waals surface area contributed by atoms with Gasteiger partial charge in [-0.2, -0.15) is 36.4 Å². The Morgan fingerprint density at radius 1 is 0.489 bits per heavy atom. The maximum Gasteiger partial charge on any atom is 0.145 e. The zero-order chi connectivity index (χ0) is 29.9. The summed E-state index contributed by atoms with van der Waals surface area (Å²) in [5.41, 5.74) is 3.38. The predicted octanol–water partition coefficient (Wildman–Crippen LogP) is 7.65. The first kappa shape index (κ1) is 29.8. The van der Waals surface area contributed by atoms with Crippen LogP contribution in [0.15, 0.2) is 122 Å². The molecule has 11 heteroatoms. The second kappa shape index (κ2) is 13.2. The molecule has 4 heterocycles. The van der Waals surface area contributed by atoms with Crippen LogP contribution in [0.2, 0.25) is 0 Å². The molecule has 0 atom stereocenters. The third-order valence-electron chi connectivity index (χ3n) is 6.80. The molecule has 2 aliphatic rings. The van der Waals surface area contributed by atoms with Crippen LogP contribution in [0, 0.1) is 37.1 Å². The summed E-state index contributed by atoms with van der Waals surface area (Å²) in [5.74, 6) is 2.17. The van der Waals surface area contributed by atoms with Crippen LogP contribution < -0.4 is 19.6 Å². The van der Waals surface area contributed by atoms with Crippen molar-refractivity contribution in [3.8, 4) is 0 Å². The van der Waals surface area contributed by atoms with Crippen LogP contribution in [0.1, 0.15) is 0 Å². The molecular weight excluding hydrogens is 751 g/mol. The van der Waals surface area contributed by atoms with E-state index >= 15 is 0 Å². The fourth-order valence-corrected chi connectivity index (χ4v) is 4.78. The molecule has 8 nitrogen and oxygen atoms in total. The van der Waals surface area contributed by atoms with Crippen molar-refractivity contribution >= 4 is 46.0 Å². The Morgan fingerprint density at radius 2 is 0.978 bits per heavy atom. The largest absolute Gasteiger partial charge is 0.477 e. The van der Waals surface area contributed by atoms with Gasteiger partial charge in [0, 0.05) is 62.1 Å². The van der Waals surface area contributed by atoms with Crippen molar-refractivity contribution in [1.29, 1.82) is 0 Å². The van der Waals surface area contributed by atoms with E-state index in [1.54, 1.807) is 59.5 Å². The number of halogens is 2. The minimum atomic E-state index is -0.359. The predicted molar refractivity (Wildman–Crippen MR) is 165 cm³/mol. The number of hydrogen-bond donors (Lipinski definition) is 0. The minimum Gasteiger partial charge on any atom is -0.477 e. The molecule has 2 aliphatic heterocycles. The van der Waals surface area contributed by atoms with Crippen molar-refractivity contribution in [2.75, 3.05) is 19.6 Å². The number of fused-ring (bicyclic) bond motifs is 2. The van der Waals surface area contributed by atoms with E-state index in [9.17, 15) is 8.78 Å². The molecule has 0 bridgehead atoms. The standard InChI is InChI=1S/C17H10F2N4.C17H12N4.Ir/c18-12-1-5-14(6-2-12)22-11-23(15-7-3-13(19)4-8-15)17-16(22)20-9-10-21-17;1-3-7-14(8-4-1)20-13-21(15-9-5-2-6-10-15)17-16(20)18-11-12-19-17;/h1-7,9-11H;1-9,11-13H;/q2*-2;. The fraction of sp³-hybridized carbons (Fsp3) is 0. The van der Waals surface area contributed by atoms with Crippen molar-refractivity contribution in [3.05, 3.63) is 159 Å². The van der Waals surface area contributed by atoms with Gasteiger partial charge in [-0.05, 0) is 36.4 Å². The molecule has 0 spiro atoms. The topological polar surface area (TPSA) is 64.5 Å². The SMILES string of the molecule is Fc1c[c-]c(N2[CH-]N(c3ccc(F)cc3)c3nccnc32)cc1.[Ir].[c-]1ccccc1N1[CH-]N(c2ccccc2)c2nccnc21. The molecule has 0 saturated heterocycles. The van der Waals surface area contributed by atoms with E-state index in [-0.39, 0.29) is 31.7 Å². The fourth-order valence-electron chi connectivity index (χ4n) is 4.78. The maximum atomic E-state index is 13.1. The molecule has 2 aromatic heterocycles. The van der Waals surface area contributed by atoms with Gasteiger partial charge in [-0.1, -0.05) is 18.2 Å². The second-order valence-electron chi connectivity index (χ2n) is 9.57. The third-order valence-corrected chi connectivity index (χ3v) is 6.80. The summed E-state index contributed by atoms with van der Waals surface area (Å²) < 4.78 is 26.3. The summed E-state index contributed by atoms with van der Waals surface area (Å²) in [6, 6.07) is 34.3. The second-order valence-corrected chi connectivity index (χ2v) is 9.57. The minimum absolute atomic E-state index is 0. The van der Waals surface area contributed by atoms with Crippen LogP contribution >= 0.6 is 0 Å². The van der Waals surface area contributed by atoms with Crippen LogP contribution in [0.25, 0.3) is 0 Å². The van der Waals surface area contributed by atoms with Gasteiger partial charge in [-0.15, -0.1) is 42.9 Å². The van der Waals surface area contributed by atoms with E-state index in [0.717, 1.165) is 28.7 Å². The molecule has 45 heavy (non-hydrogen) atoms. The summed E-state index contributed by atoms with van der Waals surface area (Å²) in [5, 5.41) is 0. The summed E-state index contributed by atoms with van der Waals surface area (Å²) in [7, 11) is 0. The van der Waals surface area contributed by atoms with E-state index < -0.39 is 0 Å². The summed E-state index contributed by atoms with van der Waals surface area (Å²) in [6.07, 6.45) is 6.58. The molecule has 0 amide bonds. The smallest absolute Gasteiger partial charge is 0.145 e. The first-order chi connectivity index (χ1) is 21.7. The van der Waals surface area contributed by atoms with Gasteiger partial charge in [0.1, 0.15) is 29.1 Å². The van der Waals surface area contributed by atoms with E-state index in [1.165, 1.54) is 24.3 Å². The zero-order valence-corrected chi connectivity index (χ0v) is 25.8. The molecule has 0 unspecified atom stereocenters. The summed E-state index contributed by atoms with van der Waals surface area (Å²) in [4.78, 5) is 25.2. The Morgan fingerprint density at radius 3 is 1.49 bits per heavy atom. The maximum absolute atomic E-state index is 13.1. The van der Waals surface area contributed by atoms with Gasteiger partial charge in [-0.3, -0.25) is 4.39 Å². The molecule has 0 aliphatic carbocycles. The normalized spacial score (nSPS) is 13.0. The molecule has 4 aromatic carbocycles. The van der Waals surface area contributed by atoms with E-state index in [4.69, 9.17) is 0 Å². The first-order valence-corrected chi connectivity index (χ1v) is 13.6. The number of nitrogens with zero attached hydrogens (tertiary/aromatic N) is 8. The van der Waals surface area contributed by atoms with Crippen LogP contribution in [0.3, 0.4) is 0 Å². The Kier molecular flexibility index (Phi) is 8.72. The Bertz CT molecular complexity index is 1730. The van der Waals surface area contributed by atoms with Crippen molar-refractivity contribution < 1.29 is 28.9 Å². The van der Waals surface area contributed by atoms with E-state index in [2.05, 4.69) is 32.1 Å². The average Bonchev–Trinajstić information content (AvgIpc) is 3.67. The quantitative estimate of drug-likeness (QED) is 0.170. The van der Waals surface area contributed by atoms with Crippen LogP contribution in [0.4, 0.5) is 54.8 Å². The molecule has 0 N–H and O–H groups in total. The molecule has 0 fully saturated rings. The van der Waals surface area contributed by atoms with E-state index in [0.29, 0.717) is 17.3 Å². The molecular formula is C34H22F2IrN8-4. The van der Waals surface area contributed by atoms with Gasteiger partial charge in [0.25, 0.3) is 0 Å². The number of anilines is 8. The Hall–Kier alpha value is -5.25. The Labute approximate surface area is 272 Å². The van der Waals surface area contributed by atoms with Gasteiger partial charge >= 0.3 is 0 Å². The molecule has 0 saturated carbocycles. The molecule has 8 rings (SSSR count). The number of rotatable bonds is 4. The van der Waals surface area contributed by atoms with Crippen molar-refractivity contribution in [2.45, 2.75) is 0 Å². The van der Waals surface area contributed by atoms with Gasteiger partial charge in [0.05, 0.1) is 0 Å². The molecule has 6 aromatic rings. The first-order valence-electron chi connectivity index (χ1n) is 13.6. The van der Waals surface area contributed by atoms with E-state index in [1.807, 2.05) is 71.1 Å². The molecule has 1 radical (unpaired) electrons. The average molecular weight is 773 g/mol. The van der Waals surface area contributed by atoms with Gasteiger partial charge in [0.2, 0.25) is 0 Å². The van der Waals surface area contributed by atoms with Gasteiger partial charge in [0.15, 0.2) is 0 Å². The zero-order valence-electron chi connectivity index (χ0n) is 23.4. The number of hydrogen-bond acceptors (Lipinski definition) is 8. The van der Waals surface area contributed by atoms with Crippen LogP contribution in [-0.2, 0) is 20.1 Å². The van der Waals surface area contributed by atoms with Crippen molar-refractivity contribution in [3.63, 3.8) is 0 Å². The van der Waals surface area contributed by atoms with Crippen molar-refractivity contribution in [2.24, 2.45) is 0 Å². The van der Waals surface area contributed by atoms with Crippen LogP contribution in [-0.4, -0.2) is 19.9 Å². The monoisotopic (exact) mass is 773 g/mol. The molecule has 225 valence electrons. The number of aromatic nitrogens is 4. The van der Waals surface area contributed by atoms with Crippen LogP contribution in [0.5, 0.6) is 0 Å². The summed E-state index contributed by atoms with van der Waals surface area (Å²) >= 11 is 0. The van der Waals surface area contributed by atoms with Gasteiger partial charge < -0.3 is 19.6 Å². The summed E-state index contributed by atoms with van der Waals surface area (Å²) in [6.45, 7) is 3.76.